The summed E-state index contributed by atoms with van der Waals surface area (Å²) in [5.74, 6) is 0.298. The van der Waals surface area contributed by atoms with Gasteiger partial charge in [0.25, 0.3) is 5.91 Å². The summed E-state index contributed by atoms with van der Waals surface area (Å²) in [6.45, 7) is 4.76. The summed E-state index contributed by atoms with van der Waals surface area (Å²) in [6, 6.07) is 11.8. The molecule has 0 atom stereocenters. The molecule has 1 fully saturated rings. The van der Waals surface area contributed by atoms with Gasteiger partial charge in [-0.15, -0.1) is 0 Å². The smallest absolute Gasteiger partial charge is 0.258 e. The lowest BCUT2D eigenvalue weighted by molar-refractivity contribution is -0.123. The highest BCUT2D eigenvalue weighted by Crippen LogP contribution is 2.17. The number of carbonyl (C=O) groups is 1. The first-order valence-corrected chi connectivity index (χ1v) is 9.68. The normalized spacial score (nSPS) is 14.6. The van der Waals surface area contributed by atoms with Gasteiger partial charge in [0.1, 0.15) is 12.0 Å². The van der Waals surface area contributed by atoms with Crippen LogP contribution in [-0.4, -0.2) is 63.9 Å². The number of benzene rings is 1. The van der Waals surface area contributed by atoms with E-state index < -0.39 is 0 Å². The molecule has 0 radical (unpaired) electrons. The van der Waals surface area contributed by atoms with Crippen LogP contribution in [0.2, 0.25) is 0 Å². The zero-order valence-corrected chi connectivity index (χ0v) is 16.6. The van der Waals surface area contributed by atoms with E-state index in [4.69, 9.17) is 13.9 Å². The van der Waals surface area contributed by atoms with Crippen LogP contribution in [0.3, 0.4) is 0 Å². The summed E-state index contributed by atoms with van der Waals surface area (Å²) in [5.41, 5.74) is 0.935. The van der Waals surface area contributed by atoms with E-state index in [0.29, 0.717) is 25.5 Å². The predicted molar refractivity (Wildman–Crippen MR) is 109 cm³/mol. The number of piperazine rings is 1. The van der Waals surface area contributed by atoms with Crippen molar-refractivity contribution in [3.05, 3.63) is 58.6 Å². The summed E-state index contributed by atoms with van der Waals surface area (Å²) in [6.07, 6.45) is 1.28. The third-order valence-electron chi connectivity index (χ3n) is 4.71. The summed E-state index contributed by atoms with van der Waals surface area (Å²) in [4.78, 5) is 28.5. The van der Waals surface area contributed by atoms with Gasteiger partial charge in [-0.05, 0) is 12.1 Å². The molecule has 1 aliphatic rings. The second-order valence-electron chi connectivity index (χ2n) is 6.81. The molecule has 1 aromatic carbocycles. The number of nitrogens with zero attached hydrogens (tertiary/aromatic N) is 2. The van der Waals surface area contributed by atoms with Gasteiger partial charge in [0.15, 0.2) is 6.61 Å². The Morgan fingerprint density at radius 1 is 1.17 bits per heavy atom. The molecule has 2 aromatic rings. The molecule has 156 valence electrons. The largest absolute Gasteiger partial charge is 0.477 e. The first-order chi connectivity index (χ1) is 14.2. The monoisotopic (exact) mass is 401 g/mol. The average molecular weight is 401 g/mol. The number of rotatable bonds is 9. The molecule has 1 amide bonds. The molecule has 29 heavy (non-hydrogen) atoms. The number of anilines is 1. The van der Waals surface area contributed by atoms with E-state index in [1.165, 1.54) is 18.0 Å². The van der Waals surface area contributed by atoms with E-state index in [0.717, 1.165) is 26.2 Å². The third-order valence-corrected chi connectivity index (χ3v) is 4.71. The van der Waals surface area contributed by atoms with Gasteiger partial charge in [0, 0.05) is 51.6 Å². The van der Waals surface area contributed by atoms with Crippen molar-refractivity contribution in [2.45, 2.75) is 6.54 Å². The molecule has 1 aliphatic heterocycles. The topological polar surface area (TPSA) is 84.2 Å². The maximum atomic E-state index is 12.2. The summed E-state index contributed by atoms with van der Waals surface area (Å²) < 4.78 is 15.7. The van der Waals surface area contributed by atoms with Crippen molar-refractivity contribution in [3.8, 4) is 5.75 Å². The highest BCUT2D eigenvalue weighted by molar-refractivity contribution is 5.77. The van der Waals surface area contributed by atoms with Gasteiger partial charge in [-0.3, -0.25) is 14.5 Å². The van der Waals surface area contributed by atoms with E-state index in [1.807, 2.05) is 18.2 Å². The molecule has 0 saturated carbocycles. The lowest BCUT2D eigenvalue weighted by Crippen LogP contribution is -2.46. The molecule has 1 saturated heterocycles. The minimum absolute atomic E-state index is 0.0320. The van der Waals surface area contributed by atoms with Crippen LogP contribution in [0.5, 0.6) is 5.75 Å². The number of ether oxygens (including phenoxy) is 2. The highest BCUT2D eigenvalue weighted by Gasteiger charge is 2.18. The SMILES string of the molecule is COCCNC(=O)COc1coc(CN2CCN(c3ccccc3)CC2)cc1=O. The Balaban J connectivity index is 1.46. The first-order valence-electron chi connectivity index (χ1n) is 9.68. The number of amides is 1. The molecular weight excluding hydrogens is 374 g/mol. The van der Waals surface area contributed by atoms with Crippen LogP contribution in [-0.2, 0) is 16.1 Å². The molecule has 1 N–H and O–H groups in total. The Kier molecular flexibility index (Phi) is 7.66. The second-order valence-corrected chi connectivity index (χ2v) is 6.81. The van der Waals surface area contributed by atoms with E-state index >= 15 is 0 Å². The van der Waals surface area contributed by atoms with Gasteiger partial charge in [0.2, 0.25) is 11.2 Å². The molecule has 0 unspecified atom stereocenters. The molecule has 0 bridgehead atoms. The number of para-hydroxylation sites is 1. The molecular formula is C21H27N3O5. The van der Waals surface area contributed by atoms with Crippen LogP contribution in [0.25, 0.3) is 0 Å². The van der Waals surface area contributed by atoms with Crippen molar-refractivity contribution in [3.63, 3.8) is 0 Å². The lowest BCUT2D eigenvalue weighted by Gasteiger charge is -2.35. The maximum Gasteiger partial charge on any atom is 0.258 e. The minimum atomic E-state index is -0.318. The quantitative estimate of drug-likeness (QED) is 0.630. The van der Waals surface area contributed by atoms with Gasteiger partial charge in [-0.2, -0.15) is 0 Å². The summed E-state index contributed by atoms with van der Waals surface area (Å²) >= 11 is 0. The van der Waals surface area contributed by atoms with Crippen LogP contribution < -0.4 is 20.4 Å². The Labute approximate surface area is 170 Å². The third kappa shape index (κ3) is 6.33. The first kappa shape index (κ1) is 20.9. The fourth-order valence-corrected chi connectivity index (χ4v) is 3.14. The number of nitrogens with one attached hydrogen (secondary N) is 1. The van der Waals surface area contributed by atoms with E-state index in [-0.39, 0.29) is 23.7 Å². The Hall–Kier alpha value is -2.84. The van der Waals surface area contributed by atoms with Gasteiger partial charge >= 0.3 is 0 Å². The van der Waals surface area contributed by atoms with Crippen molar-refractivity contribution < 1.29 is 18.7 Å². The van der Waals surface area contributed by atoms with Gasteiger partial charge in [-0.1, -0.05) is 18.2 Å². The van der Waals surface area contributed by atoms with Crippen molar-refractivity contribution in [1.82, 2.24) is 10.2 Å². The van der Waals surface area contributed by atoms with Crippen molar-refractivity contribution in [1.29, 1.82) is 0 Å². The highest BCUT2D eigenvalue weighted by atomic mass is 16.5. The maximum absolute atomic E-state index is 12.2. The molecule has 2 heterocycles. The number of hydrogen-bond acceptors (Lipinski definition) is 7. The summed E-state index contributed by atoms with van der Waals surface area (Å²) in [5, 5.41) is 2.62. The summed E-state index contributed by atoms with van der Waals surface area (Å²) in [7, 11) is 1.55. The fourth-order valence-electron chi connectivity index (χ4n) is 3.14. The minimum Gasteiger partial charge on any atom is -0.477 e. The average Bonchev–Trinajstić information content (AvgIpc) is 2.74. The number of hydrogen-bond donors (Lipinski definition) is 1. The predicted octanol–water partition coefficient (Wildman–Crippen LogP) is 1.10. The molecule has 8 heteroatoms. The molecule has 1 aromatic heterocycles. The second kappa shape index (κ2) is 10.6. The molecule has 0 aliphatic carbocycles. The number of methoxy groups -OCH3 is 1. The van der Waals surface area contributed by atoms with Crippen molar-refractivity contribution in [2.75, 3.05) is 57.9 Å². The van der Waals surface area contributed by atoms with E-state index in [9.17, 15) is 9.59 Å². The molecule has 3 rings (SSSR count). The Bertz CT molecular complexity index is 832. The van der Waals surface area contributed by atoms with E-state index in [2.05, 4.69) is 27.2 Å². The van der Waals surface area contributed by atoms with Gasteiger partial charge < -0.3 is 24.1 Å². The van der Waals surface area contributed by atoms with E-state index in [1.54, 1.807) is 7.11 Å². The fraction of sp³-hybridized carbons (Fsp3) is 0.429. The molecule has 0 spiro atoms. The van der Waals surface area contributed by atoms with Gasteiger partial charge in [0.05, 0.1) is 13.2 Å². The molecule has 8 nitrogen and oxygen atoms in total. The van der Waals surface area contributed by atoms with Crippen molar-refractivity contribution >= 4 is 11.6 Å². The van der Waals surface area contributed by atoms with Crippen molar-refractivity contribution in [2.24, 2.45) is 0 Å². The zero-order valence-electron chi connectivity index (χ0n) is 16.6. The van der Waals surface area contributed by atoms with Crippen LogP contribution in [0.15, 0.2) is 51.9 Å². The van der Waals surface area contributed by atoms with Crippen LogP contribution in [0, 0.1) is 0 Å². The lowest BCUT2D eigenvalue weighted by atomic mass is 10.2. The van der Waals surface area contributed by atoms with Gasteiger partial charge in [-0.25, -0.2) is 0 Å². The van der Waals surface area contributed by atoms with Crippen LogP contribution in [0.1, 0.15) is 5.76 Å². The van der Waals surface area contributed by atoms with Crippen LogP contribution >= 0.6 is 0 Å². The van der Waals surface area contributed by atoms with Crippen LogP contribution in [0.4, 0.5) is 5.69 Å². The Morgan fingerprint density at radius 2 is 1.93 bits per heavy atom. The standard InChI is InChI=1S/C21H27N3O5/c1-27-12-7-22-21(26)16-29-20-15-28-18(13-19(20)25)14-23-8-10-24(11-9-23)17-5-3-2-4-6-17/h2-6,13,15H,7-12,14,16H2,1H3,(H,22,26). The number of carbonyl (C=O) groups excluding carboxylic acids is 1. The Morgan fingerprint density at radius 3 is 2.62 bits per heavy atom. The zero-order chi connectivity index (χ0) is 20.5.